The Morgan fingerprint density at radius 3 is 2.34 bits per heavy atom. The number of benzene rings is 3. The van der Waals surface area contributed by atoms with Crippen LogP contribution in [0.25, 0.3) is 17.0 Å². The van der Waals surface area contributed by atoms with E-state index in [1.807, 2.05) is 72.1 Å². The van der Waals surface area contributed by atoms with Gasteiger partial charge in [-0.2, -0.15) is 0 Å². The van der Waals surface area contributed by atoms with E-state index in [4.69, 9.17) is 0 Å². The number of hydrogen-bond donors (Lipinski definition) is 2. The van der Waals surface area contributed by atoms with Gasteiger partial charge in [0.1, 0.15) is 5.70 Å². The molecule has 188 valence electrons. The zero-order valence-electron chi connectivity index (χ0n) is 20.3. The van der Waals surface area contributed by atoms with Gasteiger partial charge in [0.05, 0.1) is 5.52 Å². The lowest BCUT2D eigenvalue weighted by atomic mass is 10.1. The second-order valence-electron chi connectivity index (χ2n) is 8.48. The quantitative estimate of drug-likeness (QED) is 0.175. The third kappa shape index (κ3) is 5.61. The fourth-order valence-corrected chi connectivity index (χ4v) is 4.74. The number of thiophene rings is 1. The molecule has 5 aromatic rings. The Morgan fingerprint density at radius 2 is 1.61 bits per heavy atom. The van der Waals surface area contributed by atoms with E-state index in [1.54, 1.807) is 41.0 Å². The topological polar surface area (TPSA) is 96.0 Å². The SMILES string of the molecule is O=C(N=Nc1c(O)n(CCc2ccccc2)c2ccccc12)/C(=C/c1cccs1)NC(=O)c1ccccc1. The highest BCUT2D eigenvalue weighted by atomic mass is 32.1. The zero-order valence-corrected chi connectivity index (χ0v) is 21.1. The Balaban J connectivity index is 1.43. The highest BCUT2D eigenvalue weighted by molar-refractivity contribution is 7.10. The molecule has 0 saturated heterocycles. The summed E-state index contributed by atoms with van der Waals surface area (Å²) >= 11 is 1.42. The van der Waals surface area contributed by atoms with E-state index < -0.39 is 11.8 Å². The molecular weight excluding hydrogens is 496 g/mol. The second kappa shape index (κ2) is 11.5. The molecule has 0 fully saturated rings. The minimum absolute atomic E-state index is 0.0163. The third-order valence-electron chi connectivity index (χ3n) is 5.97. The summed E-state index contributed by atoms with van der Waals surface area (Å²) < 4.78 is 1.76. The summed E-state index contributed by atoms with van der Waals surface area (Å²) in [5.41, 5.74) is 2.52. The average molecular weight is 521 g/mol. The van der Waals surface area contributed by atoms with E-state index in [0.717, 1.165) is 16.0 Å². The molecular formula is C30H24N4O3S. The molecule has 3 aromatic carbocycles. The Kier molecular flexibility index (Phi) is 7.52. The van der Waals surface area contributed by atoms with Gasteiger partial charge in [-0.3, -0.25) is 9.59 Å². The van der Waals surface area contributed by atoms with Crippen molar-refractivity contribution < 1.29 is 14.7 Å². The van der Waals surface area contributed by atoms with Gasteiger partial charge in [0.2, 0.25) is 5.88 Å². The minimum Gasteiger partial charge on any atom is -0.493 e. The average Bonchev–Trinajstić information content (AvgIpc) is 3.56. The highest BCUT2D eigenvalue weighted by Gasteiger charge is 2.19. The first-order valence-corrected chi connectivity index (χ1v) is 12.9. The Bertz CT molecular complexity index is 1620. The van der Waals surface area contributed by atoms with Crippen molar-refractivity contribution in [3.05, 3.63) is 124 Å². The van der Waals surface area contributed by atoms with Gasteiger partial charge in [-0.05, 0) is 47.7 Å². The monoisotopic (exact) mass is 520 g/mol. The lowest BCUT2D eigenvalue weighted by Crippen LogP contribution is -2.26. The van der Waals surface area contributed by atoms with Crippen LogP contribution in [0, 0.1) is 0 Å². The van der Waals surface area contributed by atoms with Gasteiger partial charge in [-0.15, -0.1) is 21.6 Å². The first-order valence-electron chi connectivity index (χ1n) is 12.0. The van der Waals surface area contributed by atoms with Gasteiger partial charge in [0.15, 0.2) is 5.69 Å². The Hall–Kier alpha value is -4.82. The number of carbonyl (C=O) groups is 2. The predicted octanol–water partition coefficient (Wildman–Crippen LogP) is 6.73. The Morgan fingerprint density at radius 1 is 0.895 bits per heavy atom. The van der Waals surface area contributed by atoms with Gasteiger partial charge < -0.3 is 15.0 Å². The van der Waals surface area contributed by atoms with Gasteiger partial charge in [0.25, 0.3) is 5.91 Å². The molecule has 0 bridgehead atoms. The van der Waals surface area contributed by atoms with Crippen LogP contribution in [0.5, 0.6) is 5.88 Å². The van der Waals surface area contributed by atoms with E-state index in [1.165, 1.54) is 11.3 Å². The van der Waals surface area contributed by atoms with Crippen LogP contribution >= 0.6 is 11.3 Å². The number of aromatic hydroxyl groups is 1. The van der Waals surface area contributed by atoms with Crippen LogP contribution in [0.3, 0.4) is 0 Å². The molecule has 0 radical (unpaired) electrons. The largest absolute Gasteiger partial charge is 0.493 e. The van der Waals surface area contributed by atoms with E-state index in [2.05, 4.69) is 15.5 Å². The number of carbonyl (C=O) groups excluding carboxylic acids is 2. The molecule has 2 N–H and O–H groups in total. The number of hydrogen-bond acceptors (Lipinski definition) is 5. The lowest BCUT2D eigenvalue weighted by Gasteiger charge is -2.07. The van der Waals surface area contributed by atoms with Crippen LogP contribution in [0.1, 0.15) is 20.8 Å². The molecule has 38 heavy (non-hydrogen) atoms. The van der Waals surface area contributed by atoms with Gasteiger partial charge >= 0.3 is 5.91 Å². The van der Waals surface area contributed by atoms with Crippen LogP contribution in [-0.2, 0) is 17.8 Å². The summed E-state index contributed by atoms with van der Waals surface area (Å²) in [6.45, 7) is 0.524. The number of aryl methyl sites for hydroxylation is 2. The van der Waals surface area contributed by atoms with Crippen LogP contribution < -0.4 is 5.32 Å². The van der Waals surface area contributed by atoms with Crippen LogP contribution in [0.15, 0.2) is 118 Å². The predicted molar refractivity (Wildman–Crippen MR) is 149 cm³/mol. The van der Waals surface area contributed by atoms with E-state index in [0.29, 0.717) is 23.9 Å². The van der Waals surface area contributed by atoms with Gasteiger partial charge in [0, 0.05) is 22.4 Å². The zero-order chi connectivity index (χ0) is 26.3. The summed E-state index contributed by atoms with van der Waals surface area (Å²) in [4.78, 5) is 26.7. The number of rotatable bonds is 8. The lowest BCUT2D eigenvalue weighted by molar-refractivity contribution is -0.115. The molecule has 0 aliphatic carbocycles. The maximum Gasteiger partial charge on any atom is 0.311 e. The van der Waals surface area contributed by atoms with Crippen LogP contribution in [0.2, 0.25) is 0 Å². The molecule has 7 nitrogen and oxygen atoms in total. The fourth-order valence-electron chi connectivity index (χ4n) is 4.08. The van der Waals surface area contributed by atoms with Crippen molar-refractivity contribution in [1.82, 2.24) is 9.88 Å². The van der Waals surface area contributed by atoms with Crippen LogP contribution in [-0.4, -0.2) is 21.5 Å². The maximum atomic E-state index is 13.1. The fraction of sp³-hybridized carbons (Fsp3) is 0.0667. The number of fused-ring (bicyclic) bond motifs is 1. The smallest absolute Gasteiger partial charge is 0.311 e. The molecule has 0 unspecified atom stereocenters. The van der Waals surface area contributed by atoms with Gasteiger partial charge in [-0.25, -0.2) is 0 Å². The van der Waals surface area contributed by atoms with Crippen molar-refractivity contribution in [2.75, 3.05) is 0 Å². The molecule has 2 aromatic heterocycles. The van der Waals surface area contributed by atoms with Crippen molar-refractivity contribution in [2.24, 2.45) is 10.2 Å². The van der Waals surface area contributed by atoms with Crippen molar-refractivity contribution in [3.63, 3.8) is 0 Å². The van der Waals surface area contributed by atoms with Crippen molar-refractivity contribution in [1.29, 1.82) is 0 Å². The second-order valence-corrected chi connectivity index (χ2v) is 9.45. The number of amides is 2. The first-order chi connectivity index (χ1) is 18.6. The van der Waals surface area contributed by atoms with Crippen molar-refractivity contribution in [2.45, 2.75) is 13.0 Å². The summed E-state index contributed by atoms with van der Waals surface area (Å²) in [7, 11) is 0. The number of para-hydroxylation sites is 1. The summed E-state index contributed by atoms with van der Waals surface area (Å²) in [6.07, 6.45) is 2.28. The molecule has 8 heteroatoms. The third-order valence-corrected chi connectivity index (χ3v) is 6.79. The molecule has 2 amide bonds. The standard InChI is InChI=1S/C30H24N4O3S/c35-28(22-12-5-2-6-13-22)31-25(20-23-14-9-19-38-23)29(36)33-32-27-24-15-7-8-16-26(24)34(30(27)37)18-17-21-10-3-1-4-11-21/h1-16,19-20,37H,17-18H2,(H,31,35)/b25-20-,33-32?. The highest BCUT2D eigenvalue weighted by Crippen LogP contribution is 2.39. The van der Waals surface area contributed by atoms with E-state index in [-0.39, 0.29) is 17.3 Å². The first kappa shape index (κ1) is 24.9. The molecule has 0 aliphatic heterocycles. The van der Waals surface area contributed by atoms with Crippen molar-refractivity contribution in [3.8, 4) is 5.88 Å². The van der Waals surface area contributed by atoms with E-state index >= 15 is 0 Å². The molecule has 0 aliphatic rings. The number of aromatic nitrogens is 1. The molecule has 5 rings (SSSR count). The summed E-state index contributed by atoms with van der Waals surface area (Å²) in [6, 6.07) is 29.7. The molecule has 0 saturated carbocycles. The summed E-state index contributed by atoms with van der Waals surface area (Å²) in [5, 5.41) is 24.3. The maximum absolute atomic E-state index is 13.1. The number of azo groups is 1. The molecule has 2 heterocycles. The van der Waals surface area contributed by atoms with Crippen molar-refractivity contribution >= 4 is 45.8 Å². The van der Waals surface area contributed by atoms with Crippen LogP contribution in [0.4, 0.5) is 5.69 Å². The summed E-state index contributed by atoms with van der Waals surface area (Å²) in [5.74, 6) is -1.24. The van der Waals surface area contributed by atoms with Gasteiger partial charge in [-0.1, -0.05) is 72.8 Å². The van der Waals surface area contributed by atoms with E-state index in [9.17, 15) is 14.7 Å². The normalized spacial score (nSPS) is 11.7. The Labute approximate surface area is 223 Å². The molecule has 0 atom stereocenters. The number of nitrogens with one attached hydrogen (secondary N) is 1. The minimum atomic E-state index is -0.733. The molecule has 0 spiro atoms. The number of nitrogens with zero attached hydrogens (tertiary/aromatic N) is 3.